The first-order valence-corrected chi connectivity index (χ1v) is 8.17. The van der Waals surface area contributed by atoms with Crippen LogP contribution in [0.25, 0.3) is 0 Å². The number of rotatable bonds is 3. The maximum absolute atomic E-state index is 10.3. The van der Waals surface area contributed by atoms with Gasteiger partial charge in [0, 0.05) is 38.1 Å². The number of aliphatic hydroxyl groups excluding tert-OH is 1. The number of aromatic nitrogens is 2. The van der Waals surface area contributed by atoms with E-state index in [9.17, 15) is 5.11 Å². The van der Waals surface area contributed by atoms with Crippen molar-refractivity contribution in [1.82, 2.24) is 14.5 Å². The van der Waals surface area contributed by atoms with Crippen LogP contribution in [0.2, 0.25) is 0 Å². The Kier molecular flexibility index (Phi) is 4.33. The highest BCUT2D eigenvalue weighted by molar-refractivity contribution is 4.99. The molecule has 5 nitrogen and oxygen atoms in total. The van der Waals surface area contributed by atoms with Crippen LogP contribution in [0.4, 0.5) is 0 Å². The van der Waals surface area contributed by atoms with E-state index < -0.39 is 0 Å². The number of hydrogen-bond donors (Lipinski definition) is 1. The lowest BCUT2D eigenvalue weighted by Crippen LogP contribution is -2.55. The Balaban J connectivity index is 1.60. The van der Waals surface area contributed by atoms with Gasteiger partial charge < -0.3 is 14.4 Å². The third-order valence-electron chi connectivity index (χ3n) is 4.99. The summed E-state index contributed by atoms with van der Waals surface area (Å²) in [5.41, 5.74) is -0.276. The fraction of sp³-hybridized carbons (Fsp3) is 0.812. The van der Waals surface area contributed by atoms with Gasteiger partial charge in [-0.3, -0.25) is 4.90 Å². The fourth-order valence-corrected chi connectivity index (χ4v) is 3.62. The minimum Gasteiger partial charge on any atom is -0.390 e. The van der Waals surface area contributed by atoms with Gasteiger partial charge in [0.15, 0.2) is 0 Å². The number of hydrogen-bond acceptors (Lipinski definition) is 4. The second-order valence-electron chi connectivity index (χ2n) is 6.69. The SMILES string of the molecule is CC(C)n1ccnc1CN1CCC2(CC1)OCCC[C@@H]2O. The van der Waals surface area contributed by atoms with Gasteiger partial charge in [-0.25, -0.2) is 4.98 Å². The molecule has 0 saturated carbocycles. The molecule has 0 bridgehead atoms. The molecule has 0 aromatic carbocycles. The number of nitrogens with zero attached hydrogens (tertiary/aromatic N) is 3. The lowest BCUT2D eigenvalue weighted by Gasteiger charge is -2.46. The summed E-state index contributed by atoms with van der Waals surface area (Å²) in [6, 6.07) is 0.446. The zero-order valence-electron chi connectivity index (χ0n) is 13.2. The van der Waals surface area contributed by atoms with E-state index in [1.165, 1.54) is 0 Å². The molecule has 0 unspecified atom stereocenters. The third-order valence-corrected chi connectivity index (χ3v) is 4.99. The number of imidazole rings is 1. The van der Waals surface area contributed by atoms with Crippen LogP contribution in [0.5, 0.6) is 0 Å². The van der Waals surface area contributed by atoms with Gasteiger partial charge in [0.2, 0.25) is 0 Å². The number of likely N-dealkylation sites (tertiary alicyclic amines) is 1. The van der Waals surface area contributed by atoms with E-state index >= 15 is 0 Å². The summed E-state index contributed by atoms with van der Waals surface area (Å²) in [4.78, 5) is 6.92. The van der Waals surface area contributed by atoms with Gasteiger partial charge in [0.25, 0.3) is 0 Å². The van der Waals surface area contributed by atoms with E-state index in [2.05, 4.69) is 34.5 Å². The van der Waals surface area contributed by atoms with Gasteiger partial charge in [0.1, 0.15) is 5.82 Å². The van der Waals surface area contributed by atoms with Crippen molar-refractivity contribution in [2.75, 3.05) is 19.7 Å². The third kappa shape index (κ3) is 3.00. The van der Waals surface area contributed by atoms with E-state index in [4.69, 9.17) is 4.74 Å². The molecule has 5 heteroatoms. The first-order valence-electron chi connectivity index (χ1n) is 8.17. The van der Waals surface area contributed by atoms with Crippen molar-refractivity contribution in [1.29, 1.82) is 0 Å². The van der Waals surface area contributed by atoms with E-state index in [0.717, 1.165) is 57.7 Å². The lowest BCUT2D eigenvalue weighted by atomic mass is 9.82. The first kappa shape index (κ1) is 15.0. The lowest BCUT2D eigenvalue weighted by molar-refractivity contribution is -0.177. The van der Waals surface area contributed by atoms with Crippen LogP contribution in [0, 0.1) is 0 Å². The minimum absolute atomic E-state index is 0.276. The highest BCUT2D eigenvalue weighted by Gasteiger charge is 2.43. The molecule has 2 aliphatic heterocycles. The van der Waals surface area contributed by atoms with Gasteiger partial charge in [-0.1, -0.05) is 0 Å². The molecule has 1 N–H and O–H groups in total. The summed E-state index contributed by atoms with van der Waals surface area (Å²) in [5, 5.41) is 10.3. The molecule has 2 fully saturated rings. The Bertz CT molecular complexity index is 464. The molecule has 0 radical (unpaired) electrons. The summed E-state index contributed by atoms with van der Waals surface area (Å²) < 4.78 is 8.20. The predicted molar refractivity (Wildman–Crippen MR) is 81.0 cm³/mol. The van der Waals surface area contributed by atoms with Crippen molar-refractivity contribution in [3.8, 4) is 0 Å². The minimum atomic E-state index is -0.286. The van der Waals surface area contributed by atoms with Crippen LogP contribution in [0.15, 0.2) is 12.4 Å². The molecule has 1 aromatic rings. The average molecular weight is 293 g/mol. The summed E-state index contributed by atoms with van der Waals surface area (Å²) in [5.74, 6) is 1.13. The van der Waals surface area contributed by atoms with Gasteiger partial charge in [-0.15, -0.1) is 0 Å². The number of piperidine rings is 1. The molecule has 2 saturated heterocycles. The molecule has 0 amide bonds. The predicted octanol–water partition coefficient (Wildman–Crippen LogP) is 1.97. The quantitative estimate of drug-likeness (QED) is 0.926. The van der Waals surface area contributed by atoms with Crippen LogP contribution < -0.4 is 0 Å². The highest BCUT2D eigenvalue weighted by Crippen LogP contribution is 2.35. The molecular weight excluding hydrogens is 266 g/mol. The van der Waals surface area contributed by atoms with Crippen molar-refractivity contribution in [2.24, 2.45) is 0 Å². The summed E-state index contributed by atoms with van der Waals surface area (Å²) in [6.45, 7) is 8.00. The Labute approximate surface area is 126 Å². The topological polar surface area (TPSA) is 50.5 Å². The van der Waals surface area contributed by atoms with Crippen LogP contribution >= 0.6 is 0 Å². The maximum Gasteiger partial charge on any atom is 0.123 e. The Morgan fingerprint density at radius 1 is 1.43 bits per heavy atom. The van der Waals surface area contributed by atoms with E-state index in [0.29, 0.717) is 6.04 Å². The number of ether oxygens (including phenoxy) is 1. The van der Waals surface area contributed by atoms with Crippen LogP contribution in [-0.4, -0.2) is 51.0 Å². The molecule has 118 valence electrons. The van der Waals surface area contributed by atoms with Gasteiger partial charge in [-0.05, 0) is 39.5 Å². The normalized spacial score (nSPS) is 26.6. The zero-order valence-corrected chi connectivity index (χ0v) is 13.2. The van der Waals surface area contributed by atoms with E-state index in [1.807, 2.05) is 6.20 Å². The van der Waals surface area contributed by atoms with Gasteiger partial charge >= 0.3 is 0 Å². The molecule has 2 aliphatic rings. The monoisotopic (exact) mass is 293 g/mol. The molecule has 1 spiro atoms. The standard InChI is InChI=1S/C16H27N3O2/c1-13(2)19-10-7-17-15(19)12-18-8-5-16(6-9-18)14(20)4-3-11-21-16/h7,10,13-14,20H,3-6,8-9,11-12H2,1-2H3/t14-/m0/s1. The van der Waals surface area contributed by atoms with Crippen molar-refractivity contribution >= 4 is 0 Å². The van der Waals surface area contributed by atoms with Gasteiger partial charge in [0.05, 0.1) is 18.2 Å². The maximum atomic E-state index is 10.3. The molecule has 1 aromatic heterocycles. The van der Waals surface area contributed by atoms with E-state index in [-0.39, 0.29) is 11.7 Å². The first-order chi connectivity index (χ1) is 10.1. The largest absolute Gasteiger partial charge is 0.390 e. The summed E-state index contributed by atoms with van der Waals surface area (Å²) in [7, 11) is 0. The smallest absolute Gasteiger partial charge is 0.123 e. The Morgan fingerprint density at radius 3 is 2.86 bits per heavy atom. The van der Waals surface area contributed by atoms with Crippen molar-refractivity contribution in [2.45, 2.75) is 63.8 Å². The van der Waals surface area contributed by atoms with Crippen LogP contribution in [0.1, 0.15) is 51.4 Å². The second-order valence-corrected chi connectivity index (χ2v) is 6.69. The second kappa shape index (κ2) is 6.07. The zero-order chi connectivity index (χ0) is 14.9. The highest BCUT2D eigenvalue weighted by atomic mass is 16.5. The van der Waals surface area contributed by atoms with Crippen molar-refractivity contribution < 1.29 is 9.84 Å². The van der Waals surface area contributed by atoms with Crippen LogP contribution in [0.3, 0.4) is 0 Å². The van der Waals surface area contributed by atoms with Crippen LogP contribution in [-0.2, 0) is 11.3 Å². The Morgan fingerprint density at radius 2 is 2.19 bits per heavy atom. The van der Waals surface area contributed by atoms with Crippen molar-refractivity contribution in [3.05, 3.63) is 18.2 Å². The Hall–Kier alpha value is -0.910. The molecule has 21 heavy (non-hydrogen) atoms. The summed E-state index contributed by atoms with van der Waals surface area (Å²) in [6.07, 6.45) is 7.38. The van der Waals surface area contributed by atoms with Crippen molar-refractivity contribution in [3.63, 3.8) is 0 Å². The average Bonchev–Trinajstić information content (AvgIpc) is 2.93. The summed E-state index contributed by atoms with van der Waals surface area (Å²) >= 11 is 0. The fourth-order valence-electron chi connectivity index (χ4n) is 3.62. The molecule has 3 rings (SSSR count). The molecule has 0 aliphatic carbocycles. The molecular formula is C16H27N3O2. The van der Waals surface area contributed by atoms with E-state index in [1.54, 1.807) is 0 Å². The van der Waals surface area contributed by atoms with Gasteiger partial charge in [-0.2, -0.15) is 0 Å². The molecule has 3 heterocycles. The number of aliphatic hydroxyl groups is 1. The molecule has 1 atom stereocenters.